The first-order chi connectivity index (χ1) is 10.1. The van der Waals surface area contributed by atoms with Crippen molar-refractivity contribution in [2.45, 2.75) is 58.6 Å². The number of halogens is 1. The summed E-state index contributed by atoms with van der Waals surface area (Å²) in [7, 11) is 0. The topological polar surface area (TPSA) is 60.5 Å². The van der Waals surface area contributed by atoms with Crippen LogP contribution >= 0.6 is 15.9 Å². The fraction of sp³-hybridized carbons (Fsp3) is 0.625. The van der Waals surface area contributed by atoms with E-state index in [-0.39, 0.29) is 5.54 Å². The standard InChI is InChI=1S/C16H25BrN2O3/c1-15(2,3)22-14(20)19-16(4,5)8-6-10-21-13-11-12(17)7-9-18-13/h7,9,11H,6,8,10H2,1-5H3,(H,19,20). The third-order valence-corrected chi connectivity index (χ3v) is 3.23. The van der Waals surface area contributed by atoms with E-state index in [0.717, 1.165) is 17.3 Å². The van der Waals surface area contributed by atoms with Crippen LogP contribution in [0.4, 0.5) is 4.79 Å². The maximum Gasteiger partial charge on any atom is 0.408 e. The van der Waals surface area contributed by atoms with E-state index in [1.165, 1.54) is 0 Å². The van der Waals surface area contributed by atoms with Crippen molar-refractivity contribution >= 4 is 22.0 Å². The average Bonchev–Trinajstić information content (AvgIpc) is 2.31. The summed E-state index contributed by atoms with van der Waals surface area (Å²) in [6, 6.07) is 3.67. The van der Waals surface area contributed by atoms with Gasteiger partial charge in [0.2, 0.25) is 5.88 Å². The summed E-state index contributed by atoms with van der Waals surface area (Å²) < 4.78 is 11.8. The van der Waals surface area contributed by atoms with E-state index >= 15 is 0 Å². The summed E-state index contributed by atoms with van der Waals surface area (Å²) in [5, 5.41) is 2.88. The number of carbonyl (C=O) groups excluding carboxylic acids is 1. The highest BCUT2D eigenvalue weighted by molar-refractivity contribution is 9.10. The minimum atomic E-state index is -0.490. The molecule has 0 aliphatic rings. The fourth-order valence-electron chi connectivity index (χ4n) is 1.80. The van der Waals surface area contributed by atoms with Crippen LogP contribution in [-0.2, 0) is 4.74 Å². The van der Waals surface area contributed by atoms with Gasteiger partial charge in [0.05, 0.1) is 6.61 Å². The van der Waals surface area contributed by atoms with Crippen LogP contribution in [0.2, 0.25) is 0 Å². The van der Waals surface area contributed by atoms with E-state index in [1.807, 2.05) is 46.8 Å². The number of ether oxygens (including phenoxy) is 2. The quantitative estimate of drug-likeness (QED) is 0.755. The second kappa shape index (κ2) is 7.81. The van der Waals surface area contributed by atoms with E-state index in [4.69, 9.17) is 9.47 Å². The third-order valence-electron chi connectivity index (χ3n) is 2.73. The van der Waals surface area contributed by atoms with Gasteiger partial charge in [-0.05, 0) is 53.5 Å². The molecule has 5 nitrogen and oxygen atoms in total. The van der Waals surface area contributed by atoms with Crippen molar-refractivity contribution in [3.8, 4) is 5.88 Å². The summed E-state index contributed by atoms with van der Waals surface area (Å²) in [6.45, 7) is 10.0. The van der Waals surface area contributed by atoms with E-state index in [0.29, 0.717) is 12.5 Å². The van der Waals surface area contributed by atoms with Crippen LogP contribution in [0.5, 0.6) is 5.88 Å². The largest absolute Gasteiger partial charge is 0.478 e. The van der Waals surface area contributed by atoms with Crippen molar-refractivity contribution in [3.05, 3.63) is 22.8 Å². The minimum absolute atomic E-state index is 0.351. The number of rotatable bonds is 6. The summed E-state index contributed by atoms with van der Waals surface area (Å²) in [5.74, 6) is 0.590. The molecule has 1 rings (SSSR count). The van der Waals surface area contributed by atoms with Gasteiger partial charge in [-0.2, -0.15) is 0 Å². The lowest BCUT2D eigenvalue weighted by molar-refractivity contribution is 0.0464. The van der Waals surface area contributed by atoms with Crippen LogP contribution in [0.15, 0.2) is 22.8 Å². The van der Waals surface area contributed by atoms with Crippen molar-refractivity contribution in [2.24, 2.45) is 0 Å². The van der Waals surface area contributed by atoms with E-state index in [9.17, 15) is 4.79 Å². The lowest BCUT2D eigenvalue weighted by atomic mass is 9.99. The molecule has 124 valence electrons. The van der Waals surface area contributed by atoms with Crippen molar-refractivity contribution in [1.29, 1.82) is 0 Å². The molecule has 22 heavy (non-hydrogen) atoms. The highest BCUT2D eigenvalue weighted by Gasteiger charge is 2.24. The molecule has 0 atom stereocenters. The van der Waals surface area contributed by atoms with Crippen molar-refractivity contribution < 1.29 is 14.3 Å². The molecule has 1 heterocycles. The van der Waals surface area contributed by atoms with Crippen LogP contribution in [0.25, 0.3) is 0 Å². The number of pyridine rings is 1. The van der Waals surface area contributed by atoms with Gasteiger partial charge < -0.3 is 14.8 Å². The molecule has 0 bridgehead atoms. The Morgan fingerprint density at radius 2 is 2.00 bits per heavy atom. The van der Waals surface area contributed by atoms with Crippen LogP contribution in [0, 0.1) is 0 Å². The second-order valence-corrected chi connectivity index (χ2v) is 7.69. The zero-order valence-corrected chi connectivity index (χ0v) is 15.5. The molecule has 1 aromatic heterocycles. The molecule has 1 N–H and O–H groups in total. The summed E-state index contributed by atoms with van der Waals surface area (Å²) in [4.78, 5) is 15.9. The van der Waals surface area contributed by atoms with Crippen molar-refractivity contribution in [2.75, 3.05) is 6.61 Å². The Balaban J connectivity index is 2.32. The van der Waals surface area contributed by atoms with Gasteiger partial charge in [-0.15, -0.1) is 0 Å². The maximum atomic E-state index is 11.8. The third kappa shape index (κ3) is 8.22. The number of hydrogen-bond acceptors (Lipinski definition) is 4. The Bertz CT molecular complexity index is 498. The molecule has 0 unspecified atom stereocenters. The number of hydrogen-bond donors (Lipinski definition) is 1. The first kappa shape index (κ1) is 18.7. The SMILES string of the molecule is CC(C)(CCCOc1cc(Br)ccn1)NC(=O)OC(C)(C)C. The molecule has 0 fully saturated rings. The van der Waals surface area contributed by atoms with Crippen molar-refractivity contribution in [1.82, 2.24) is 10.3 Å². The zero-order chi connectivity index (χ0) is 16.8. The number of nitrogens with zero attached hydrogens (tertiary/aromatic N) is 1. The molecule has 0 aromatic carbocycles. The highest BCUT2D eigenvalue weighted by Crippen LogP contribution is 2.17. The molecule has 0 aliphatic heterocycles. The molecule has 6 heteroatoms. The van der Waals surface area contributed by atoms with Crippen molar-refractivity contribution in [3.63, 3.8) is 0 Å². The van der Waals surface area contributed by atoms with Crippen LogP contribution in [0.1, 0.15) is 47.5 Å². The Morgan fingerprint density at radius 1 is 1.32 bits per heavy atom. The molecule has 1 aromatic rings. The van der Waals surface area contributed by atoms with Gasteiger partial charge in [0.1, 0.15) is 5.60 Å². The normalized spacial score (nSPS) is 11.9. The number of carbonyl (C=O) groups is 1. The molecule has 1 amide bonds. The van der Waals surface area contributed by atoms with E-state index < -0.39 is 11.7 Å². The van der Waals surface area contributed by atoms with Crippen LogP contribution in [0.3, 0.4) is 0 Å². The molecular weight excluding hydrogens is 348 g/mol. The van der Waals surface area contributed by atoms with Crippen LogP contribution in [-0.4, -0.2) is 28.8 Å². The minimum Gasteiger partial charge on any atom is -0.478 e. The van der Waals surface area contributed by atoms with Gasteiger partial charge in [-0.3, -0.25) is 0 Å². The van der Waals surface area contributed by atoms with E-state index in [2.05, 4.69) is 26.2 Å². The number of nitrogens with one attached hydrogen (secondary N) is 1. The Morgan fingerprint density at radius 3 is 2.59 bits per heavy atom. The zero-order valence-electron chi connectivity index (χ0n) is 13.9. The highest BCUT2D eigenvalue weighted by atomic mass is 79.9. The summed E-state index contributed by atoms with van der Waals surface area (Å²) >= 11 is 3.37. The van der Waals surface area contributed by atoms with Gasteiger partial charge in [-0.25, -0.2) is 9.78 Å². The molecule has 0 radical (unpaired) electrons. The monoisotopic (exact) mass is 372 g/mol. The average molecular weight is 373 g/mol. The maximum absolute atomic E-state index is 11.8. The lowest BCUT2D eigenvalue weighted by Gasteiger charge is -2.28. The second-order valence-electron chi connectivity index (χ2n) is 6.78. The van der Waals surface area contributed by atoms with Gasteiger partial charge in [0.15, 0.2) is 0 Å². The summed E-state index contributed by atoms with van der Waals surface area (Å²) in [5.41, 5.74) is -0.841. The molecule has 0 saturated carbocycles. The van der Waals surface area contributed by atoms with Gasteiger partial charge in [0.25, 0.3) is 0 Å². The molecule has 0 saturated heterocycles. The first-order valence-corrected chi connectivity index (χ1v) is 8.12. The number of aromatic nitrogens is 1. The molecule has 0 aliphatic carbocycles. The fourth-order valence-corrected chi connectivity index (χ4v) is 2.11. The Labute approximate surface area is 140 Å². The molecule has 0 spiro atoms. The Hall–Kier alpha value is -1.30. The van der Waals surface area contributed by atoms with Crippen LogP contribution < -0.4 is 10.1 Å². The number of amides is 1. The lowest BCUT2D eigenvalue weighted by Crippen LogP contribution is -2.45. The predicted octanol–water partition coefficient (Wildman–Crippen LogP) is 4.31. The van der Waals surface area contributed by atoms with Gasteiger partial charge in [-0.1, -0.05) is 15.9 Å². The Kier molecular flexibility index (Phi) is 6.66. The molecular formula is C16H25BrN2O3. The summed E-state index contributed by atoms with van der Waals surface area (Å²) in [6.07, 6.45) is 2.87. The van der Waals surface area contributed by atoms with Gasteiger partial charge in [0, 0.05) is 22.3 Å². The predicted molar refractivity (Wildman–Crippen MR) is 90.1 cm³/mol. The van der Waals surface area contributed by atoms with E-state index in [1.54, 1.807) is 6.20 Å². The first-order valence-electron chi connectivity index (χ1n) is 7.33. The number of alkyl carbamates (subject to hydrolysis) is 1. The smallest absolute Gasteiger partial charge is 0.408 e. The van der Waals surface area contributed by atoms with Gasteiger partial charge >= 0.3 is 6.09 Å².